The third kappa shape index (κ3) is 3.63. The normalized spacial score (nSPS) is 19.9. The molecule has 6 nitrogen and oxygen atoms in total. The van der Waals surface area contributed by atoms with Crippen LogP contribution in [0.2, 0.25) is 5.02 Å². The number of piperazine rings is 1. The first kappa shape index (κ1) is 17.8. The zero-order chi connectivity index (χ0) is 18.8. The van der Waals surface area contributed by atoms with E-state index in [4.69, 9.17) is 11.6 Å². The summed E-state index contributed by atoms with van der Waals surface area (Å²) in [5, 5.41) is 6.80. The van der Waals surface area contributed by atoms with Gasteiger partial charge in [0.1, 0.15) is 0 Å². The zero-order valence-electron chi connectivity index (χ0n) is 14.8. The quantitative estimate of drug-likeness (QED) is 0.855. The van der Waals surface area contributed by atoms with Gasteiger partial charge in [0, 0.05) is 49.0 Å². The maximum absolute atomic E-state index is 13.1. The van der Waals surface area contributed by atoms with E-state index in [9.17, 15) is 9.59 Å². The lowest BCUT2D eigenvalue weighted by Gasteiger charge is -2.36. The van der Waals surface area contributed by atoms with Crippen LogP contribution in [0.1, 0.15) is 22.0 Å². The highest BCUT2D eigenvalue weighted by Gasteiger charge is 2.29. The topological polar surface area (TPSA) is 64.7 Å². The molecule has 4 rings (SSSR count). The lowest BCUT2D eigenvalue weighted by Crippen LogP contribution is -2.48. The SMILES string of the molecule is O=C1NCCN1c1ccc(C(=O)N2CCNCC2c2cccc(Cl)c2)cc1. The highest BCUT2D eigenvalue weighted by atomic mass is 35.5. The molecule has 0 radical (unpaired) electrons. The summed E-state index contributed by atoms with van der Waals surface area (Å²) in [5.41, 5.74) is 2.44. The fourth-order valence-corrected chi connectivity index (χ4v) is 3.83. The Kier molecular flexibility index (Phi) is 5.01. The lowest BCUT2D eigenvalue weighted by atomic mass is 10.0. The maximum Gasteiger partial charge on any atom is 0.321 e. The third-order valence-electron chi connectivity index (χ3n) is 5.02. The van der Waals surface area contributed by atoms with Crippen LogP contribution in [0.15, 0.2) is 48.5 Å². The Morgan fingerprint density at radius 2 is 1.89 bits per heavy atom. The van der Waals surface area contributed by atoms with Gasteiger partial charge in [0.05, 0.1) is 6.04 Å². The van der Waals surface area contributed by atoms with Gasteiger partial charge < -0.3 is 15.5 Å². The summed E-state index contributed by atoms with van der Waals surface area (Å²) in [4.78, 5) is 28.5. The fraction of sp³-hybridized carbons (Fsp3) is 0.300. The van der Waals surface area contributed by atoms with Crippen LogP contribution in [0.3, 0.4) is 0 Å². The Hall–Kier alpha value is -2.57. The minimum Gasteiger partial charge on any atom is -0.336 e. The van der Waals surface area contributed by atoms with E-state index in [0.29, 0.717) is 36.8 Å². The molecule has 0 spiro atoms. The Morgan fingerprint density at radius 1 is 1.07 bits per heavy atom. The minimum atomic E-state index is -0.0998. The Balaban J connectivity index is 1.56. The average molecular weight is 385 g/mol. The standard InChI is InChI=1S/C20H21ClN4O2/c21-16-3-1-2-15(12-16)18-13-22-8-10-25(18)19(26)14-4-6-17(7-5-14)24-11-9-23-20(24)27/h1-7,12,18,22H,8-11,13H2,(H,23,27). The number of nitrogens with zero attached hydrogens (tertiary/aromatic N) is 2. The molecule has 2 heterocycles. The molecule has 140 valence electrons. The molecule has 2 aromatic rings. The number of amides is 3. The molecule has 2 N–H and O–H groups in total. The number of hydrogen-bond acceptors (Lipinski definition) is 3. The number of nitrogens with one attached hydrogen (secondary N) is 2. The van der Waals surface area contributed by atoms with E-state index in [1.807, 2.05) is 41.3 Å². The predicted molar refractivity (Wildman–Crippen MR) is 105 cm³/mol. The summed E-state index contributed by atoms with van der Waals surface area (Å²) in [6.07, 6.45) is 0. The second-order valence-electron chi connectivity index (χ2n) is 6.70. The summed E-state index contributed by atoms with van der Waals surface area (Å²) in [6.45, 7) is 3.36. The molecular weight excluding hydrogens is 364 g/mol. The number of anilines is 1. The van der Waals surface area contributed by atoms with Crippen LogP contribution < -0.4 is 15.5 Å². The van der Waals surface area contributed by atoms with Gasteiger partial charge in [-0.15, -0.1) is 0 Å². The first-order valence-corrected chi connectivity index (χ1v) is 9.44. The van der Waals surface area contributed by atoms with Gasteiger partial charge in [-0.1, -0.05) is 23.7 Å². The van der Waals surface area contributed by atoms with Crippen molar-refractivity contribution in [1.29, 1.82) is 0 Å². The molecule has 1 unspecified atom stereocenters. The molecule has 0 aromatic heterocycles. The lowest BCUT2D eigenvalue weighted by molar-refractivity contribution is 0.0634. The number of rotatable bonds is 3. The second-order valence-corrected chi connectivity index (χ2v) is 7.14. The monoisotopic (exact) mass is 384 g/mol. The zero-order valence-corrected chi connectivity index (χ0v) is 15.6. The summed E-state index contributed by atoms with van der Waals surface area (Å²) in [7, 11) is 0. The van der Waals surface area contributed by atoms with Crippen LogP contribution in [-0.2, 0) is 0 Å². The first-order chi connectivity index (χ1) is 13.1. The third-order valence-corrected chi connectivity index (χ3v) is 5.26. The molecular formula is C20H21ClN4O2. The van der Waals surface area contributed by atoms with Gasteiger partial charge in [0.25, 0.3) is 5.91 Å². The molecule has 3 amide bonds. The van der Waals surface area contributed by atoms with Crippen LogP contribution >= 0.6 is 11.6 Å². The largest absolute Gasteiger partial charge is 0.336 e. The predicted octanol–water partition coefficient (Wildman–Crippen LogP) is 2.66. The van der Waals surface area contributed by atoms with Gasteiger partial charge in [-0.25, -0.2) is 4.79 Å². The van der Waals surface area contributed by atoms with Crippen molar-refractivity contribution in [3.63, 3.8) is 0 Å². The maximum atomic E-state index is 13.1. The number of carbonyl (C=O) groups excluding carboxylic acids is 2. The van der Waals surface area contributed by atoms with Gasteiger partial charge in [0.15, 0.2) is 0 Å². The van der Waals surface area contributed by atoms with Gasteiger partial charge in [-0.05, 0) is 42.0 Å². The van der Waals surface area contributed by atoms with E-state index in [1.165, 1.54) is 0 Å². The molecule has 2 aliphatic rings. The van der Waals surface area contributed by atoms with Crippen LogP contribution in [-0.4, -0.2) is 49.6 Å². The van der Waals surface area contributed by atoms with E-state index in [1.54, 1.807) is 17.0 Å². The minimum absolute atomic E-state index is 0.0149. The molecule has 2 saturated heterocycles. The van der Waals surface area contributed by atoms with Crippen molar-refractivity contribution in [2.24, 2.45) is 0 Å². The highest BCUT2D eigenvalue weighted by molar-refractivity contribution is 6.30. The van der Waals surface area contributed by atoms with Crippen molar-refractivity contribution in [2.45, 2.75) is 6.04 Å². The average Bonchev–Trinajstić information content (AvgIpc) is 3.13. The Morgan fingerprint density at radius 3 is 2.59 bits per heavy atom. The molecule has 1 atom stereocenters. The van der Waals surface area contributed by atoms with Crippen molar-refractivity contribution >= 4 is 29.2 Å². The van der Waals surface area contributed by atoms with Gasteiger partial charge >= 0.3 is 6.03 Å². The molecule has 0 saturated carbocycles. The van der Waals surface area contributed by atoms with E-state index in [0.717, 1.165) is 17.8 Å². The molecule has 27 heavy (non-hydrogen) atoms. The molecule has 2 fully saturated rings. The molecule has 0 aliphatic carbocycles. The summed E-state index contributed by atoms with van der Waals surface area (Å²) >= 11 is 6.14. The van der Waals surface area contributed by atoms with Gasteiger partial charge in [0.2, 0.25) is 0 Å². The van der Waals surface area contributed by atoms with Crippen molar-refractivity contribution in [3.05, 3.63) is 64.7 Å². The fourth-order valence-electron chi connectivity index (χ4n) is 3.63. The van der Waals surface area contributed by atoms with E-state index in [2.05, 4.69) is 10.6 Å². The highest BCUT2D eigenvalue weighted by Crippen LogP contribution is 2.27. The summed E-state index contributed by atoms with van der Waals surface area (Å²) in [6, 6.07) is 14.7. The summed E-state index contributed by atoms with van der Waals surface area (Å²) < 4.78 is 0. The van der Waals surface area contributed by atoms with Crippen molar-refractivity contribution in [3.8, 4) is 0 Å². The van der Waals surface area contributed by atoms with Crippen LogP contribution in [0.4, 0.5) is 10.5 Å². The van der Waals surface area contributed by atoms with Crippen molar-refractivity contribution < 1.29 is 9.59 Å². The Labute approximate surface area is 163 Å². The number of urea groups is 1. The van der Waals surface area contributed by atoms with Crippen molar-refractivity contribution in [2.75, 3.05) is 37.6 Å². The van der Waals surface area contributed by atoms with E-state index < -0.39 is 0 Å². The summed E-state index contributed by atoms with van der Waals surface area (Å²) in [5.74, 6) is -0.0149. The molecule has 2 aromatic carbocycles. The van der Waals surface area contributed by atoms with Crippen LogP contribution in [0.25, 0.3) is 0 Å². The first-order valence-electron chi connectivity index (χ1n) is 9.06. The smallest absolute Gasteiger partial charge is 0.321 e. The molecule has 7 heteroatoms. The van der Waals surface area contributed by atoms with Crippen LogP contribution in [0.5, 0.6) is 0 Å². The number of hydrogen-bond donors (Lipinski definition) is 2. The van der Waals surface area contributed by atoms with Crippen LogP contribution in [0, 0.1) is 0 Å². The number of benzene rings is 2. The van der Waals surface area contributed by atoms with E-state index in [-0.39, 0.29) is 18.0 Å². The number of halogens is 1. The molecule has 2 aliphatic heterocycles. The number of carbonyl (C=O) groups is 2. The second kappa shape index (κ2) is 7.58. The van der Waals surface area contributed by atoms with Crippen molar-refractivity contribution in [1.82, 2.24) is 15.5 Å². The molecule has 0 bridgehead atoms. The van der Waals surface area contributed by atoms with Gasteiger partial charge in [-0.3, -0.25) is 9.69 Å². The van der Waals surface area contributed by atoms with E-state index >= 15 is 0 Å². The van der Waals surface area contributed by atoms with Gasteiger partial charge in [-0.2, -0.15) is 0 Å². The Bertz CT molecular complexity index is 855.